The topological polar surface area (TPSA) is 23.6 Å². The Bertz CT molecular complexity index is 805. The van der Waals surface area contributed by atoms with Gasteiger partial charge >= 0.3 is 0 Å². The number of benzene rings is 2. The van der Waals surface area contributed by atoms with Gasteiger partial charge in [0.15, 0.2) is 0 Å². The third kappa shape index (κ3) is 5.69. The van der Waals surface area contributed by atoms with Crippen LogP contribution >= 0.6 is 23.2 Å². The lowest BCUT2D eigenvalue weighted by molar-refractivity contribution is 0.0740. The van der Waals surface area contributed by atoms with Gasteiger partial charge in [-0.25, -0.2) is 4.39 Å². The number of carbonyl (C=O) groups is 1. The number of amides is 1. The highest BCUT2D eigenvalue weighted by Crippen LogP contribution is 2.22. The summed E-state index contributed by atoms with van der Waals surface area (Å²) in [5, 5.41) is 0.930. The Labute approximate surface area is 176 Å². The van der Waals surface area contributed by atoms with E-state index in [1.54, 1.807) is 11.9 Å². The summed E-state index contributed by atoms with van der Waals surface area (Å²) in [5.41, 5.74) is 1.65. The van der Waals surface area contributed by atoms with Gasteiger partial charge in [0.25, 0.3) is 5.91 Å². The Morgan fingerprint density at radius 2 is 1.82 bits per heavy atom. The van der Waals surface area contributed by atoms with E-state index < -0.39 is 5.82 Å². The van der Waals surface area contributed by atoms with Crippen LogP contribution in [0.1, 0.15) is 28.8 Å². The van der Waals surface area contributed by atoms with Crippen LogP contribution in [-0.2, 0) is 6.42 Å². The van der Waals surface area contributed by atoms with Crippen molar-refractivity contribution < 1.29 is 9.18 Å². The van der Waals surface area contributed by atoms with Crippen molar-refractivity contribution in [1.29, 1.82) is 0 Å². The molecule has 0 aromatic heterocycles. The van der Waals surface area contributed by atoms with Crippen LogP contribution in [0.15, 0.2) is 42.5 Å². The molecule has 150 valence electrons. The lowest BCUT2D eigenvalue weighted by atomic mass is 9.95. The first kappa shape index (κ1) is 21.1. The van der Waals surface area contributed by atoms with Crippen molar-refractivity contribution in [1.82, 2.24) is 9.80 Å². The Morgan fingerprint density at radius 1 is 1.14 bits per heavy atom. The fraction of sp³-hybridized carbons (Fsp3) is 0.409. The standard InChI is InChI=1S/C22H25Cl2FN2O/c1-26(22(28)20-7-6-19(25)14-21(20)24)15-17-9-12-27(13-10-17)11-8-16-2-4-18(23)5-3-16/h2-7,14,17H,8-13,15H2,1H3. The van der Waals surface area contributed by atoms with Crippen molar-refractivity contribution >= 4 is 29.1 Å². The Kier molecular flexibility index (Phi) is 7.33. The normalized spacial score (nSPS) is 15.6. The number of rotatable bonds is 6. The zero-order valence-electron chi connectivity index (χ0n) is 16.0. The molecule has 3 rings (SSSR count). The van der Waals surface area contributed by atoms with Crippen LogP contribution in [0.25, 0.3) is 0 Å². The van der Waals surface area contributed by atoms with Gasteiger partial charge < -0.3 is 9.80 Å². The Balaban J connectivity index is 1.44. The summed E-state index contributed by atoms with van der Waals surface area (Å²) in [6, 6.07) is 11.9. The van der Waals surface area contributed by atoms with E-state index >= 15 is 0 Å². The van der Waals surface area contributed by atoms with Gasteiger partial charge in [0, 0.05) is 25.2 Å². The molecule has 1 aliphatic rings. The summed E-state index contributed by atoms with van der Waals surface area (Å²) in [6.07, 6.45) is 3.15. The summed E-state index contributed by atoms with van der Waals surface area (Å²) in [7, 11) is 1.79. The van der Waals surface area contributed by atoms with Crippen LogP contribution in [0, 0.1) is 11.7 Å². The van der Waals surface area contributed by atoms with Crippen molar-refractivity contribution in [3.63, 3.8) is 0 Å². The van der Waals surface area contributed by atoms with Gasteiger partial charge in [0.2, 0.25) is 0 Å². The molecule has 1 aliphatic heterocycles. The van der Waals surface area contributed by atoms with E-state index in [4.69, 9.17) is 23.2 Å². The number of halogens is 3. The second-order valence-corrected chi connectivity index (χ2v) is 8.31. The van der Waals surface area contributed by atoms with E-state index in [2.05, 4.69) is 17.0 Å². The summed E-state index contributed by atoms with van der Waals surface area (Å²) in [5.74, 6) is -0.120. The molecule has 0 unspecified atom stereocenters. The van der Waals surface area contributed by atoms with Gasteiger partial charge in [0.1, 0.15) is 5.82 Å². The average Bonchev–Trinajstić information content (AvgIpc) is 2.68. The zero-order chi connectivity index (χ0) is 20.1. The van der Waals surface area contributed by atoms with Crippen LogP contribution in [0.3, 0.4) is 0 Å². The quantitative estimate of drug-likeness (QED) is 0.641. The molecule has 3 nitrogen and oxygen atoms in total. The molecule has 2 aromatic carbocycles. The van der Waals surface area contributed by atoms with E-state index in [0.717, 1.165) is 43.9 Å². The molecule has 1 fully saturated rings. The number of hydrogen-bond acceptors (Lipinski definition) is 2. The molecule has 1 saturated heterocycles. The monoisotopic (exact) mass is 422 g/mol. The van der Waals surface area contributed by atoms with Gasteiger partial charge in [-0.15, -0.1) is 0 Å². The largest absolute Gasteiger partial charge is 0.341 e. The van der Waals surface area contributed by atoms with E-state index in [1.807, 2.05) is 12.1 Å². The molecular formula is C22H25Cl2FN2O. The molecule has 0 aliphatic carbocycles. The molecular weight excluding hydrogens is 398 g/mol. The van der Waals surface area contributed by atoms with Gasteiger partial charge in [-0.2, -0.15) is 0 Å². The molecule has 0 bridgehead atoms. The summed E-state index contributed by atoms with van der Waals surface area (Å²) >= 11 is 12.0. The molecule has 6 heteroatoms. The van der Waals surface area contributed by atoms with E-state index in [1.165, 1.54) is 23.8 Å². The van der Waals surface area contributed by atoms with Crippen molar-refractivity contribution in [2.45, 2.75) is 19.3 Å². The Morgan fingerprint density at radius 3 is 2.46 bits per heavy atom. The first-order valence-corrected chi connectivity index (χ1v) is 10.4. The van der Waals surface area contributed by atoms with Crippen LogP contribution in [0.2, 0.25) is 10.0 Å². The minimum absolute atomic E-state index is 0.157. The smallest absolute Gasteiger partial charge is 0.255 e. The van der Waals surface area contributed by atoms with Gasteiger partial charge in [-0.3, -0.25) is 4.79 Å². The highest BCUT2D eigenvalue weighted by molar-refractivity contribution is 6.33. The molecule has 28 heavy (non-hydrogen) atoms. The van der Waals surface area contributed by atoms with Gasteiger partial charge in [-0.1, -0.05) is 35.3 Å². The third-order valence-electron chi connectivity index (χ3n) is 5.38. The fourth-order valence-corrected chi connectivity index (χ4v) is 4.04. The SMILES string of the molecule is CN(CC1CCN(CCc2ccc(Cl)cc2)CC1)C(=O)c1ccc(F)cc1Cl. The Hall–Kier alpha value is -1.62. The summed E-state index contributed by atoms with van der Waals surface area (Å²) < 4.78 is 13.2. The van der Waals surface area contributed by atoms with Crippen LogP contribution in [0.4, 0.5) is 4.39 Å². The van der Waals surface area contributed by atoms with Gasteiger partial charge in [0.05, 0.1) is 10.6 Å². The zero-order valence-corrected chi connectivity index (χ0v) is 17.5. The summed E-state index contributed by atoms with van der Waals surface area (Å²) in [6.45, 7) is 3.81. The second-order valence-electron chi connectivity index (χ2n) is 7.47. The minimum Gasteiger partial charge on any atom is -0.341 e. The lowest BCUT2D eigenvalue weighted by Crippen LogP contribution is -2.40. The van der Waals surface area contributed by atoms with E-state index in [0.29, 0.717) is 18.0 Å². The first-order chi connectivity index (χ1) is 13.4. The summed E-state index contributed by atoms with van der Waals surface area (Å²) in [4.78, 5) is 16.8. The number of carbonyl (C=O) groups excluding carboxylic acids is 1. The highest BCUT2D eigenvalue weighted by Gasteiger charge is 2.23. The van der Waals surface area contributed by atoms with Crippen LogP contribution in [-0.4, -0.2) is 48.9 Å². The van der Waals surface area contributed by atoms with E-state index in [9.17, 15) is 9.18 Å². The molecule has 0 radical (unpaired) electrons. The van der Waals surface area contributed by atoms with Crippen molar-refractivity contribution in [3.8, 4) is 0 Å². The van der Waals surface area contributed by atoms with Crippen molar-refractivity contribution in [2.75, 3.05) is 33.2 Å². The molecule has 0 atom stereocenters. The van der Waals surface area contributed by atoms with E-state index in [-0.39, 0.29) is 10.9 Å². The number of nitrogens with zero attached hydrogens (tertiary/aromatic N) is 2. The van der Waals surface area contributed by atoms with Crippen molar-refractivity contribution in [3.05, 3.63) is 69.5 Å². The molecule has 1 heterocycles. The molecule has 2 aromatic rings. The molecule has 0 saturated carbocycles. The average molecular weight is 423 g/mol. The molecule has 1 amide bonds. The lowest BCUT2D eigenvalue weighted by Gasteiger charge is -2.34. The maximum atomic E-state index is 13.2. The van der Waals surface area contributed by atoms with Crippen molar-refractivity contribution in [2.24, 2.45) is 5.92 Å². The highest BCUT2D eigenvalue weighted by atomic mass is 35.5. The molecule has 0 N–H and O–H groups in total. The van der Waals surface area contributed by atoms with Crippen LogP contribution in [0.5, 0.6) is 0 Å². The fourth-order valence-electron chi connectivity index (χ4n) is 3.67. The third-order valence-corrected chi connectivity index (χ3v) is 5.94. The predicted octanol–water partition coefficient (Wildman–Crippen LogP) is 5.16. The van der Waals surface area contributed by atoms with Gasteiger partial charge in [-0.05, 0) is 74.2 Å². The number of piperidine rings is 1. The number of hydrogen-bond donors (Lipinski definition) is 0. The van der Waals surface area contributed by atoms with Crippen LogP contribution < -0.4 is 0 Å². The predicted molar refractivity (Wildman–Crippen MR) is 113 cm³/mol. The number of likely N-dealkylation sites (tertiary alicyclic amines) is 1. The molecule has 0 spiro atoms. The first-order valence-electron chi connectivity index (χ1n) is 9.59. The second kappa shape index (κ2) is 9.73. The maximum Gasteiger partial charge on any atom is 0.255 e. The minimum atomic E-state index is -0.435. The maximum absolute atomic E-state index is 13.2.